The van der Waals surface area contributed by atoms with Gasteiger partial charge in [-0.1, -0.05) is 41.9 Å². The van der Waals surface area contributed by atoms with E-state index in [4.69, 9.17) is 11.6 Å². The summed E-state index contributed by atoms with van der Waals surface area (Å²) < 4.78 is 0. The van der Waals surface area contributed by atoms with E-state index in [0.29, 0.717) is 0 Å². The molecule has 3 nitrogen and oxygen atoms in total. The molecular formula is C19H21ClN2O. The van der Waals surface area contributed by atoms with Gasteiger partial charge in [0, 0.05) is 43.3 Å². The van der Waals surface area contributed by atoms with Crippen LogP contribution in [0.5, 0.6) is 0 Å². The Morgan fingerprint density at radius 2 is 1.78 bits per heavy atom. The summed E-state index contributed by atoms with van der Waals surface area (Å²) in [7, 11) is 0. The van der Waals surface area contributed by atoms with E-state index in [2.05, 4.69) is 11.0 Å². The summed E-state index contributed by atoms with van der Waals surface area (Å²) >= 11 is 6.04. The van der Waals surface area contributed by atoms with Gasteiger partial charge in [0.2, 0.25) is 0 Å². The van der Waals surface area contributed by atoms with Crippen molar-refractivity contribution in [2.24, 2.45) is 0 Å². The lowest BCUT2D eigenvalue weighted by molar-refractivity contribution is 0.0628. The van der Waals surface area contributed by atoms with Crippen LogP contribution in [-0.2, 0) is 6.54 Å². The molecule has 0 atom stereocenters. The lowest BCUT2D eigenvalue weighted by Crippen LogP contribution is -2.48. The Kier molecular flexibility index (Phi) is 4.99. The number of hydrogen-bond acceptors (Lipinski definition) is 2. The van der Waals surface area contributed by atoms with Gasteiger partial charge in [0.05, 0.1) is 0 Å². The van der Waals surface area contributed by atoms with Crippen LogP contribution in [0.25, 0.3) is 0 Å². The molecule has 1 heterocycles. The van der Waals surface area contributed by atoms with E-state index in [1.54, 1.807) is 0 Å². The number of halogens is 1. The molecule has 0 aromatic heterocycles. The fourth-order valence-electron chi connectivity index (χ4n) is 2.99. The topological polar surface area (TPSA) is 23.6 Å². The molecule has 0 N–H and O–H groups in total. The number of benzene rings is 2. The normalized spacial score (nSPS) is 15.7. The van der Waals surface area contributed by atoms with Crippen LogP contribution in [0.3, 0.4) is 0 Å². The number of nitrogens with zero attached hydrogens (tertiary/aromatic N) is 2. The maximum atomic E-state index is 12.6. The van der Waals surface area contributed by atoms with Crippen molar-refractivity contribution in [2.45, 2.75) is 13.5 Å². The Labute approximate surface area is 142 Å². The monoisotopic (exact) mass is 328 g/mol. The van der Waals surface area contributed by atoms with E-state index in [1.807, 2.05) is 54.3 Å². The van der Waals surface area contributed by atoms with E-state index in [0.717, 1.165) is 48.9 Å². The van der Waals surface area contributed by atoms with Crippen molar-refractivity contribution in [1.82, 2.24) is 9.80 Å². The third kappa shape index (κ3) is 3.92. The van der Waals surface area contributed by atoms with Crippen LogP contribution in [0, 0.1) is 6.92 Å². The van der Waals surface area contributed by atoms with E-state index < -0.39 is 0 Å². The molecule has 0 bridgehead atoms. The molecule has 1 fully saturated rings. The van der Waals surface area contributed by atoms with Crippen molar-refractivity contribution < 1.29 is 4.79 Å². The molecule has 0 spiro atoms. The molecule has 0 aliphatic carbocycles. The van der Waals surface area contributed by atoms with Crippen LogP contribution < -0.4 is 0 Å². The highest BCUT2D eigenvalue weighted by Gasteiger charge is 2.22. The molecule has 0 saturated carbocycles. The molecule has 3 rings (SSSR count). The van der Waals surface area contributed by atoms with E-state index in [9.17, 15) is 4.79 Å². The number of carbonyl (C=O) groups is 1. The molecule has 1 aliphatic rings. The Bertz CT molecular complexity index is 693. The predicted octanol–water partition coefficient (Wildman–Crippen LogP) is 3.61. The van der Waals surface area contributed by atoms with Crippen LogP contribution >= 0.6 is 11.6 Å². The Balaban J connectivity index is 1.58. The molecule has 120 valence electrons. The number of carbonyl (C=O) groups excluding carboxylic acids is 1. The molecule has 2 aromatic carbocycles. The van der Waals surface area contributed by atoms with Crippen LogP contribution in [0.1, 0.15) is 21.5 Å². The quantitative estimate of drug-likeness (QED) is 0.859. The number of piperazine rings is 1. The minimum Gasteiger partial charge on any atom is -0.336 e. The van der Waals surface area contributed by atoms with Gasteiger partial charge in [0.1, 0.15) is 0 Å². The summed E-state index contributed by atoms with van der Waals surface area (Å²) in [5.74, 6) is 0.144. The maximum Gasteiger partial charge on any atom is 0.254 e. The van der Waals surface area contributed by atoms with E-state index in [-0.39, 0.29) is 5.91 Å². The van der Waals surface area contributed by atoms with E-state index in [1.165, 1.54) is 5.56 Å². The molecule has 2 aromatic rings. The fourth-order valence-corrected chi connectivity index (χ4v) is 3.20. The minimum atomic E-state index is 0.144. The SMILES string of the molecule is Cc1ccccc1C(=O)N1CCN(Cc2cccc(Cl)c2)CC1. The van der Waals surface area contributed by atoms with Gasteiger partial charge in [0.25, 0.3) is 5.91 Å². The second-order valence-corrected chi connectivity index (χ2v) is 6.45. The number of rotatable bonds is 3. The smallest absolute Gasteiger partial charge is 0.254 e. The van der Waals surface area contributed by atoms with Crippen molar-refractivity contribution in [1.29, 1.82) is 0 Å². The molecule has 1 amide bonds. The second-order valence-electron chi connectivity index (χ2n) is 6.01. The van der Waals surface area contributed by atoms with Crippen LogP contribution in [0.4, 0.5) is 0 Å². The van der Waals surface area contributed by atoms with Crippen molar-refractivity contribution in [3.63, 3.8) is 0 Å². The summed E-state index contributed by atoms with van der Waals surface area (Å²) in [4.78, 5) is 16.9. The number of amides is 1. The molecule has 1 saturated heterocycles. The third-order valence-corrected chi connectivity index (χ3v) is 4.57. The lowest BCUT2D eigenvalue weighted by Gasteiger charge is -2.35. The summed E-state index contributed by atoms with van der Waals surface area (Å²) in [6.07, 6.45) is 0. The lowest BCUT2D eigenvalue weighted by atomic mass is 10.1. The van der Waals surface area contributed by atoms with Crippen molar-refractivity contribution in [3.8, 4) is 0 Å². The van der Waals surface area contributed by atoms with Gasteiger partial charge in [-0.05, 0) is 36.2 Å². The average Bonchev–Trinajstić information content (AvgIpc) is 2.55. The Hall–Kier alpha value is -1.84. The minimum absolute atomic E-state index is 0.144. The molecular weight excluding hydrogens is 308 g/mol. The highest BCUT2D eigenvalue weighted by Crippen LogP contribution is 2.16. The zero-order chi connectivity index (χ0) is 16.2. The van der Waals surface area contributed by atoms with Crippen molar-refractivity contribution in [3.05, 3.63) is 70.2 Å². The molecule has 0 unspecified atom stereocenters. The first-order valence-electron chi connectivity index (χ1n) is 7.95. The third-order valence-electron chi connectivity index (χ3n) is 4.33. The first-order chi connectivity index (χ1) is 11.1. The zero-order valence-electron chi connectivity index (χ0n) is 13.3. The molecule has 23 heavy (non-hydrogen) atoms. The first kappa shape index (κ1) is 16.0. The largest absolute Gasteiger partial charge is 0.336 e. The Morgan fingerprint density at radius 1 is 1.04 bits per heavy atom. The van der Waals surface area contributed by atoms with Crippen molar-refractivity contribution in [2.75, 3.05) is 26.2 Å². The van der Waals surface area contributed by atoms with Crippen molar-refractivity contribution >= 4 is 17.5 Å². The predicted molar refractivity (Wildman–Crippen MR) is 93.8 cm³/mol. The van der Waals surface area contributed by atoms with Gasteiger partial charge in [-0.2, -0.15) is 0 Å². The standard InChI is InChI=1S/C19H21ClN2O/c1-15-5-2-3-8-18(15)19(23)22-11-9-21(10-12-22)14-16-6-4-7-17(20)13-16/h2-8,13H,9-12,14H2,1H3. The molecule has 1 aliphatic heterocycles. The zero-order valence-corrected chi connectivity index (χ0v) is 14.1. The Morgan fingerprint density at radius 3 is 2.48 bits per heavy atom. The maximum absolute atomic E-state index is 12.6. The van der Waals surface area contributed by atoms with Crippen LogP contribution in [-0.4, -0.2) is 41.9 Å². The summed E-state index contributed by atoms with van der Waals surface area (Å²) in [6.45, 7) is 6.20. The van der Waals surface area contributed by atoms with Gasteiger partial charge in [0.15, 0.2) is 0 Å². The van der Waals surface area contributed by atoms with Gasteiger partial charge < -0.3 is 4.90 Å². The highest BCUT2D eigenvalue weighted by molar-refractivity contribution is 6.30. The van der Waals surface area contributed by atoms with Crippen LogP contribution in [0.15, 0.2) is 48.5 Å². The second kappa shape index (κ2) is 7.16. The van der Waals surface area contributed by atoms with Gasteiger partial charge in [-0.3, -0.25) is 9.69 Å². The first-order valence-corrected chi connectivity index (χ1v) is 8.33. The van der Waals surface area contributed by atoms with Gasteiger partial charge in [-0.15, -0.1) is 0 Å². The van der Waals surface area contributed by atoms with Crippen LogP contribution in [0.2, 0.25) is 5.02 Å². The summed E-state index contributed by atoms with van der Waals surface area (Å²) in [5, 5.41) is 0.774. The number of hydrogen-bond donors (Lipinski definition) is 0. The van der Waals surface area contributed by atoms with Gasteiger partial charge >= 0.3 is 0 Å². The highest BCUT2D eigenvalue weighted by atomic mass is 35.5. The summed E-state index contributed by atoms with van der Waals surface area (Å²) in [6, 6.07) is 15.8. The van der Waals surface area contributed by atoms with E-state index >= 15 is 0 Å². The number of aryl methyl sites for hydroxylation is 1. The van der Waals surface area contributed by atoms with Gasteiger partial charge in [-0.25, -0.2) is 0 Å². The summed E-state index contributed by atoms with van der Waals surface area (Å²) in [5.41, 5.74) is 3.07. The fraction of sp³-hybridized carbons (Fsp3) is 0.316. The molecule has 0 radical (unpaired) electrons. The molecule has 4 heteroatoms. The average molecular weight is 329 g/mol.